The monoisotopic (exact) mass is 399 g/mol. The van der Waals surface area contributed by atoms with Crippen molar-refractivity contribution in [3.05, 3.63) is 54.1 Å². The third kappa shape index (κ3) is 6.39. The van der Waals surface area contributed by atoms with Crippen molar-refractivity contribution < 1.29 is 24.1 Å². The van der Waals surface area contributed by atoms with Crippen LogP contribution in [0.3, 0.4) is 0 Å². The Balaban J connectivity index is 1.38. The molecule has 1 N–H and O–H groups in total. The highest BCUT2D eigenvalue weighted by molar-refractivity contribution is 5.89. The van der Waals surface area contributed by atoms with Gasteiger partial charge in [0.1, 0.15) is 18.1 Å². The molecule has 1 saturated heterocycles. The molecule has 0 aliphatic carbocycles. The Morgan fingerprint density at radius 3 is 2.48 bits per heavy atom. The first-order valence-electron chi connectivity index (χ1n) is 10.1. The van der Waals surface area contributed by atoms with Crippen LogP contribution in [0.4, 0.5) is 5.69 Å². The number of rotatable bonds is 8. The van der Waals surface area contributed by atoms with Gasteiger partial charge in [0.2, 0.25) is 0 Å². The van der Waals surface area contributed by atoms with Crippen LogP contribution in [-0.2, 0) is 9.47 Å². The summed E-state index contributed by atoms with van der Waals surface area (Å²) in [5.41, 5.74) is 1.68. The van der Waals surface area contributed by atoms with Gasteiger partial charge in [-0.3, -0.25) is 0 Å². The highest BCUT2D eigenvalue weighted by Crippen LogP contribution is 2.22. The number of anilines is 1. The molecule has 0 atom stereocenters. The number of phenols is 1. The van der Waals surface area contributed by atoms with Crippen LogP contribution in [0.25, 0.3) is 0 Å². The van der Waals surface area contributed by atoms with Crippen LogP contribution in [0.5, 0.6) is 11.5 Å². The molecule has 0 saturated carbocycles. The molecule has 2 aromatic rings. The first-order valence-corrected chi connectivity index (χ1v) is 10.1. The number of piperidine rings is 1. The molecule has 3 rings (SSSR count). The summed E-state index contributed by atoms with van der Waals surface area (Å²) in [7, 11) is 0. The van der Waals surface area contributed by atoms with Crippen LogP contribution in [0, 0.1) is 0 Å². The third-order valence-electron chi connectivity index (χ3n) is 4.78. The van der Waals surface area contributed by atoms with Gasteiger partial charge in [0.05, 0.1) is 24.4 Å². The number of nitrogens with zero attached hydrogens (tertiary/aromatic N) is 1. The van der Waals surface area contributed by atoms with Gasteiger partial charge in [-0.25, -0.2) is 4.79 Å². The van der Waals surface area contributed by atoms with Gasteiger partial charge < -0.3 is 24.2 Å². The zero-order valence-corrected chi connectivity index (χ0v) is 17.0. The number of hydrogen-bond donors (Lipinski definition) is 1. The number of carbonyl (C=O) groups excluding carboxylic acids is 1. The maximum Gasteiger partial charge on any atom is 0.338 e. The zero-order chi connectivity index (χ0) is 20.6. The lowest BCUT2D eigenvalue weighted by Gasteiger charge is -2.33. The van der Waals surface area contributed by atoms with Gasteiger partial charge in [-0.15, -0.1) is 0 Å². The van der Waals surface area contributed by atoms with Crippen molar-refractivity contribution in [3.63, 3.8) is 0 Å². The summed E-state index contributed by atoms with van der Waals surface area (Å²) in [5.74, 6) is 0.552. The largest absolute Gasteiger partial charge is 0.508 e. The Morgan fingerprint density at radius 1 is 1.10 bits per heavy atom. The van der Waals surface area contributed by atoms with E-state index in [2.05, 4.69) is 4.90 Å². The number of benzene rings is 2. The number of phenolic OH excluding ortho intramolecular Hbond substituents is 1. The van der Waals surface area contributed by atoms with Crippen molar-refractivity contribution in [2.45, 2.75) is 38.9 Å². The highest BCUT2D eigenvalue weighted by Gasteiger charge is 2.20. The van der Waals surface area contributed by atoms with Gasteiger partial charge in [-0.1, -0.05) is 6.07 Å². The summed E-state index contributed by atoms with van der Waals surface area (Å²) in [4.78, 5) is 14.2. The molecule has 0 unspecified atom stereocenters. The summed E-state index contributed by atoms with van der Waals surface area (Å²) < 4.78 is 16.7. The van der Waals surface area contributed by atoms with Crippen molar-refractivity contribution in [2.75, 3.05) is 31.2 Å². The molecule has 0 amide bonds. The highest BCUT2D eigenvalue weighted by atomic mass is 16.5. The molecular weight excluding hydrogens is 370 g/mol. The molecule has 1 aliphatic heterocycles. The quantitative estimate of drug-likeness (QED) is 0.534. The molecule has 0 radical (unpaired) electrons. The number of aromatic hydroxyl groups is 1. The van der Waals surface area contributed by atoms with Gasteiger partial charge in [0, 0.05) is 24.8 Å². The third-order valence-corrected chi connectivity index (χ3v) is 4.78. The topological polar surface area (TPSA) is 68.2 Å². The van der Waals surface area contributed by atoms with Gasteiger partial charge in [-0.2, -0.15) is 0 Å². The maximum atomic E-state index is 11.9. The summed E-state index contributed by atoms with van der Waals surface area (Å²) in [6.45, 7) is 6.49. The predicted octanol–water partition coefficient (Wildman–Crippen LogP) is 4.02. The van der Waals surface area contributed by atoms with E-state index < -0.39 is 0 Å². The summed E-state index contributed by atoms with van der Waals surface area (Å²) >= 11 is 0. The average molecular weight is 399 g/mol. The van der Waals surface area contributed by atoms with E-state index >= 15 is 0 Å². The van der Waals surface area contributed by atoms with Crippen molar-refractivity contribution >= 4 is 11.7 Å². The average Bonchev–Trinajstić information content (AvgIpc) is 2.71. The molecule has 29 heavy (non-hydrogen) atoms. The smallest absolute Gasteiger partial charge is 0.338 e. The lowest BCUT2D eigenvalue weighted by atomic mass is 10.1. The maximum absolute atomic E-state index is 11.9. The molecule has 1 aliphatic rings. The van der Waals surface area contributed by atoms with Crippen LogP contribution in [0.2, 0.25) is 0 Å². The minimum atomic E-state index is -0.286. The van der Waals surface area contributed by atoms with Crippen molar-refractivity contribution in [1.82, 2.24) is 0 Å². The Kier molecular flexibility index (Phi) is 7.36. The number of hydrogen-bond acceptors (Lipinski definition) is 6. The van der Waals surface area contributed by atoms with E-state index in [1.54, 1.807) is 18.2 Å². The van der Waals surface area contributed by atoms with Gasteiger partial charge in [0.15, 0.2) is 0 Å². The van der Waals surface area contributed by atoms with Crippen molar-refractivity contribution in [1.29, 1.82) is 0 Å². The second-order valence-corrected chi connectivity index (χ2v) is 7.40. The molecule has 1 heterocycles. The lowest BCUT2D eigenvalue weighted by molar-refractivity contribution is 0.0202. The molecule has 6 heteroatoms. The van der Waals surface area contributed by atoms with E-state index in [0.717, 1.165) is 31.6 Å². The first kappa shape index (κ1) is 21.0. The van der Waals surface area contributed by atoms with Crippen LogP contribution in [0.15, 0.2) is 48.5 Å². The Morgan fingerprint density at radius 2 is 1.83 bits per heavy atom. The van der Waals surface area contributed by atoms with Gasteiger partial charge in [-0.05, 0) is 63.1 Å². The Hall–Kier alpha value is -2.73. The Labute approximate surface area is 172 Å². The lowest BCUT2D eigenvalue weighted by Crippen LogP contribution is -2.37. The number of ether oxygens (including phenoxy) is 3. The van der Waals surface area contributed by atoms with E-state index in [1.165, 1.54) is 0 Å². The van der Waals surface area contributed by atoms with E-state index in [0.29, 0.717) is 24.5 Å². The van der Waals surface area contributed by atoms with E-state index in [4.69, 9.17) is 14.2 Å². The van der Waals surface area contributed by atoms with E-state index in [-0.39, 0.29) is 23.9 Å². The SMILES string of the molecule is CC(C)OC(=O)c1ccc(N2CCC(OCCOc3cccc(O)c3)CC2)cc1. The second kappa shape index (κ2) is 10.2. The number of esters is 1. The Bertz CT molecular complexity index is 782. The molecule has 0 bridgehead atoms. The van der Waals surface area contributed by atoms with Crippen molar-refractivity contribution in [3.8, 4) is 11.5 Å². The fourth-order valence-electron chi connectivity index (χ4n) is 3.32. The van der Waals surface area contributed by atoms with E-state index in [1.807, 2.05) is 44.2 Å². The molecular formula is C23H29NO5. The van der Waals surface area contributed by atoms with Gasteiger partial charge in [0.25, 0.3) is 0 Å². The van der Waals surface area contributed by atoms with Crippen LogP contribution in [0.1, 0.15) is 37.0 Å². The van der Waals surface area contributed by atoms with Gasteiger partial charge >= 0.3 is 5.97 Å². The summed E-state index contributed by atoms with van der Waals surface area (Å²) in [6, 6.07) is 14.4. The first-order chi connectivity index (χ1) is 14.0. The molecule has 1 fully saturated rings. The second-order valence-electron chi connectivity index (χ2n) is 7.40. The normalized spacial score (nSPS) is 14.8. The molecule has 0 spiro atoms. The molecule has 0 aromatic heterocycles. The molecule has 156 valence electrons. The van der Waals surface area contributed by atoms with Crippen molar-refractivity contribution in [2.24, 2.45) is 0 Å². The minimum Gasteiger partial charge on any atom is -0.508 e. The summed E-state index contributed by atoms with van der Waals surface area (Å²) in [6.07, 6.45) is 2.00. The van der Waals surface area contributed by atoms with E-state index in [9.17, 15) is 9.90 Å². The zero-order valence-electron chi connectivity index (χ0n) is 17.0. The minimum absolute atomic E-state index is 0.119. The van der Waals surface area contributed by atoms with Crippen LogP contribution in [-0.4, -0.2) is 49.6 Å². The summed E-state index contributed by atoms with van der Waals surface area (Å²) in [5, 5.41) is 9.43. The fraction of sp³-hybridized carbons (Fsp3) is 0.435. The van der Waals surface area contributed by atoms with Crippen LogP contribution < -0.4 is 9.64 Å². The predicted molar refractivity (Wildman–Crippen MR) is 112 cm³/mol. The number of carbonyl (C=O) groups is 1. The molecule has 2 aromatic carbocycles. The standard InChI is InChI=1S/C23H29NO5/c1-17(2)29-23(26)18-6-8-19(9-7-18)24-12-10-21(11-13-24)27-14-15-28-22-5-3-4-20(25)16-22/h3-9,16-17,21,25H,10-15H2,1-2H3. The molecule has 6 nitrogen and oxygen atoms in total. The fourth-order valence-corrected chi connectivity index (χ4v) is 3.32. The van der Waals surface area contributed by atoms with Crippen LogP contribution >= 0.6 is 0 Å².